The van der Waals surface area contributed by atoms with Gasteiger partial charge in [0.15, 0.2) is 5.69 Å². The van der Waals surface area contributed by atoms with E-state index in [-0.39, 0.29) is 5.91 Å². The number of anilines is 2. The van der Waals surface area contributed by atoms with Gasteiger partial charge in [0.05, 0.1) is 30.7 Å². The summed E-state index contributed by atoms with van der Waals surface area (Å²) in [7, 11) is 1.64. The number of hydrogen-bond acceptors (Lipinski definition) is 5. The summed E-state index contributed by atoms with van der Waals surface area (Å²) in [6, 6.07) is 8.55. The maximum Gasteiger partial charge on any atom is 0.280 e. The molecule has 2 aromatic rings. The number of hydrogen-bond donors (Lipinski definition) is 0. The summed E-state index contributed by atoms with van der Waals surface area (Å²) in [5.74, 6) is -0.0821. The van der Waals surface area contributed by atoms with Crippen molar-refractivity contribution >= 4 is 17.3 Å². The molecule has 3 heterocycles. The third-order valence-electron chi connectivity index (χ3n) is 5.03. The zero-order chi connectivity index (χ0) is 17.2. The SMILES string of the molecule is COCCn1cc(C(=O)N2C[C@@H]3CCCCN3c3ccccc32)nn1. The van der Waals surface area contributed by atoms with Gasteiger partial charge in [-0.25, -0.2) is 4.68 Å². The van der Waals surface area contributed by atoms with E-state index in [1.54, 1.807) is 18.0 Å². The Balaban J connectivity index is 1.62. The Bertz CT molecular complexity index is 759. The van der Waals surface area contributed by atoms with Gasteiger partial charge >= 0.3 is 0 Å². The average molecular weight is 341 g/mol. The van der Waals surface area contributed by atoms with Crippen LogP contribution in [0.5, 0.6) is 0 Å². The highest BCUT2D eigenvalue weighted by molar-refractivity contribution is 6.07. The van der Waals surface area contributed by atoms with Crippen LogP contribution in [0.1, 0.15) is 29.8 Å². The standard InChI is InChI=1S/C18H23N5O2/c1-25-11-10-21-13-15(19-20-21)18(24)23-12-14-6-4-5-9-22(14)16-7-2-3-8-17(16)23/h2-3,7-8,13-14H,4-6,9-12H2,1H3/t14-/m0/s1. The van der Waals surface area contributed by atoms with E-state index in [0.29, 0.717) is 31.4 Å². The van der Waals surface area contributed by atoms with Crippen LogP contribution in [0.2, 0.25) is 0 Å². The van der Waals surface area contributed by atoms with Crippen LogP contribution in [0.15, 0.2) is 30.5 Å². The first-order valence-corrected chi connectivity index (χ1v) is 8.84. The third-order valence-corrected chi connectivity index (χ3v) is 5.03. The first-order valence-electron chi connectivity index (χ1n) is 8.84. The Labute approximate surface area is 147 Å². The molecule has 0 N–H and O–H groups in total. The second kappa shape index (κ2) is 6.84. The molecule has 1 atom stereocenters. The first-order chi connectivity index (χ1) is 12.3. The Morgan fingerprint density at radius 1 is 1.28 bits per heavy atom. The molecule has 0 radical (unpaired) electrons. The van der Waals surface area contributed by atoms with E-state index in [1.807, 2.05) is 23.1 Å². The molecule has 1 amide bonds. The molecule has 2 aliphatic heterocycles. The van der Waals surface area contributed by atoms with Crippen molar-refractivity contribution in [1.29, 1.82) is 0 Å². The Kier molecular flexibility index (Phi) is 4.40. The highest BCUT2D eigenvalue weighted by Gasteiger charge is 2.35. The van der Waals surface area contributed by atoms with Gasteiger partial charge in [-0.3, -0.25) is 4.79 Å². The molecule has 0 spiro atoms. The molecule has 7 heteroatoms. The van der Waals surface area contributed by atoms with Crippen LogP contribution in [-0.2, 0) is 11.3 Å². The predicted molar refractivity (Wildman–Crippen MR) is 95.0 cm³/mol. The summed E-state index contributed by atoms with van der Waals surface area (Å²) in [5, 5.41) is 8.11. The van der Waals surface area contributed by atoms with Gasteiger partial charge in [0, 0.05) is 26.2 Å². The van der Waals surface area contributed by atoms with Gasteiger partial charge in [0.2, 0.25) is 0 Å². The average Bonchev–Trinajstić information content (AvgIpc) is 3.14. The molecule has 1 aromatic heterocycles. The number of methoxy groups -OCH3 is 1. The number of fused-ring (bicyclic) bond motifs is 3. The molecule has 0 unspecified atom stereocenters. The number of nitrogens with zero attached hydrogens (tertiary/aromatic N) is 5. The van der Waals surface area contributed by atoms with Crippen LogP contribution in [-0.4, -0.2) is 53.7 Å². The van der Waals surface area contributed by atoms with Crippen LogP contribution >= 0.6 is 0 Å². The van der Waals surface area contributed by atoms with Gasteiger partial charge in [0.1, 0.15) is 0 Å². The molecule has 0 aliphatic carbocycles. The van der Waals surface area contributed by atoms with Crippen LogP contribution in [0, 0.1) is 0 Å². The van der Waals surface area contributed by atoms with E-state index in [9.17, 15) is 4.79 Å². The second-order valence-corrected chi connectivity index (χ2v) is 6.61. The maximum absolute atomic E-state index is 13.1. The van der Waals surface area contributed by atoms with Crippen molar-refractivity contribution in [3.63, 3.8) is 0 Å². The van der Waals surface area contributed by atoms with Crippen LogP contribution in [0.3, 0.4) is 0 Å². The molecule has 7 nitrogen and oxygen atoms in total. The predicted octanol–water partition coefficient (Wildman–Crippen LogP) is 1.94. The number of carbonyl (C=O) groups excluding carboxylic acids is 1. The molecular formula is C18H23N5O2. The van der Waals surface area contributed by atoms with Crippen molar-refractivity contribution in [3.8, 4) is 0 Å². The Hall–Kier alpha value is -2.41. The third kappa shape index (κ3) is 3.00. The Morgan fingerprint density at radius 3 is 2.96 bits per heavy atom. The summed E-state index contributed by atoms with van der Waals surface area (Å²) in [6.45, 7) is 2.90. The molecule has 1 fully saturated rings. The summed E-state index contributed by atoms with van der Waals surface area (Å²) in [6.07, 6.45) is 5.26. The van der Waals surface area contributed by atoms with Crippen molar-refractivity contribution in [2.24, 2.45) is 0 Å². The van der Waals surface area contributed by atoms with Crippen molar-refractivity contribution in [1.82, 2.24) is 15.0 Å². The molecule has 4 rings (SSSR count). The number of aromatic nitrogens is 3. The maximum atomic E-state index is 13.1. The summed E-state index contributed by atoms with van der Waals surface area (Å²) in [4.78, 5) is 17.4. The summed E-state index contributed by atoms with van der Waals surface area (Å²) >= 11 is 0. The zero-order valence-electron chi connectivity index (χ0n) is 14.5. The fraction of sp³-hybridized carbons (Fsp3) is 0.500. The number of ether oxygens (including phenoxy) is 1. The normalized spacial score (nSPS) is 19.5. The quantitative estimate of drug-likeness (QED) is 0.850. The van der Waals surface area contributed by atoms with Crippen molar-refractivity contribution < 1.29 is 9.53 Å². The Morgan fingerprint density at radius 2 is 2.12 bits per heavy atom. The first kappa shape index (κ1) is 16.1. The molecular weight excluding hydrogens is 318 g/mol. The van der Waals surface area contributed by atoms with Crippen molar-refractivity contribution in [3.05, 3.63) is 36.2 Å². The van der Waals surface area contributed by atoms with Crippen molar-refractivity contribution in [2.45, 2.75) is 31.8 Å². The van der Waals surface area contributed by atoms with Gasteiger partial charge in [-0.05, 0) is 31.4 Å². The monoisotopic (exact) mass is 341 g/mol. The van der Waals surface area contributed by atoms with Crippen LogP contribution in [0.25, 0.3) is 0 Å². The molecule has 0 bridgehead atoms. The van der Waals surface area contributed by atoms with E-state index in [0.717, 1.165) is 24.3 Å². The summed E-state index contributed by atoms with van der Waals surface area (Å²) < 4.78 is 6.70. The fourth-order valence-electron chi connectivity index (χ4n) is 3.77. The van der Waals surface area contributed by atoms with Crippen molar-refractivity contribution in [2.75, 3.05) is 36.6 Å². The highest BCUT2D eigenvalue weighted by Crippen LogP contribution is 2.38. The number of carbonyl (C=O) groups is 1. The molecule has 25 heavy (non-hydrogen) atoms. The summed E-state index contributed by atoms with van der Waals surface area (Å²) in [5.41, 5.74) is 2.51. The van der Waals surface area contributed by atoms with E-state index < -0.39 is 0 Å². The molecule has 1 saturated heterocycles. The van der Waals surface area contributed by atoms with E-state index >= 15 is 0 Å². The molecule has 2 aliphatic rings. The van der Waals surface area contributed by atoms with Crippen LogP contribution in [0.4, 0.5) is 11.4 Å². The lowest BCUT2D eigenvalue weighted by atomic mass is 9.97. The minimum absolute atomic E-state index is 0.0821. The van der Waals surface area contributed by atoms with Gasteiger partial charge in [-0.1, -0.05) is 17.3 Å². The fourth-order valence-corrected chi connectivity index (χ4v) is 3.77. The molecule has 1 aromatic carbocycles. The van der Waals surface area contributed by atoms with Gasteiger partial charge in [-0.15, -0.1) is 5.10 Å². The minimum Gasteiger partial charge on any atom is -0.383 e. The number of piperidine rings is 1. The lowest BCUT2D eigenvalue weighted by Gasteiger charge is -2.46. The van der Waals surface area contributed by atoms with Gasteiger partial charge in [-0.2, -0.15) is 0 Å². The lowest BCUT2D eigenvalue weighted by Crippen LogP contribution is -2.53. The molecule has 0 saturated carbocycles. The topological polar surface area (TPSA) is 63.5 Å². The number of amides is 1. The number of benzene rings is 1. The lowest BCUT2D eigenvalue weighted by molar-refractivity contribution is 0.0977. The van der Waals surface area contributed by atoms with E-state index in [4.69, 9.17) is 4.74 Å². The largest absolute Gasteiger partial charge is 0.383 e. The van der Waals surface area contributed by atoms with Gasteiger partial charge < -0.3 is 14.5 Å². The van der Waals surface area contributed by atoms with Gasteiger partial charge in [0.25, 0.3) is 5.91 Å². The number of rotatable bonds is 4. The zero-order valence-corrected chi connectivity index (χ0v) is 14.5. The minimum atomic E-state index is -0.0821. The second-order valence-electron chi connectivity index (χ2n) is 6.61. The van der Waals surface area contributed by atoms with E-state index in [1.165, 1.54) is 12.8 Å². The smallest absolute Gasteiger partial charge is 0.280 e. The van der Waals surface area contributed by atoms with Crippen LogP contribution < -0.4 is 9.80 Å². The highest BCUT2D eigenvalue weighted by atomic mass is 16.5. The van der Waals surface area contributed by atoms with E-state index in [2.05, 4.69) is 21.3 Å². The number of para-hydroxylation sites is 2. The molecule has 132 valence electrons.